The van der Waals surface area contributed by atoms with Crippen LogP contribution in [-0.4, -0.2) is 118 Å². The van der Waals surface area contributed by atoms with E-state index in [-0.39, 0.29) is 41.7 Å². The average molecular weight is 718 g/mol. The van der Waals surface area contributed by atoms with Gasteiger partial charge in [0.2, 0.25) is 17.8 Å². The quantitative estimate of drug-likeness (QED) is 0.0986. The van der Waals surface area contributed by atoms with Crippen LogP contribution in [0.4, 0.5) is 5.69 Å². The van der Waals surface area contributed by atoms with Crippen molar-refractivity contribution in [2.45, 2.75) is 63.4 Å². The Kier molecular flexibility index (Phi) is 13.1. The van der Waals surface area contributed by atoms with E-state index >= 15 is 0 Å². The highest BCUT2D eigenvalue weighted by Gasteiger charge is 2.46. The molecule has 0 amide bonds. The summed E-state index contributed by atoms with van der Waals surface area (Å²) in [6.45, 7) is 2.61. The Morgan fingerprint density at radius 3 is 2.24 bits per heavy atom. The number of carbonyl (C=O) groups excluding carboxylic acids is 1. The first-order chi connectivity index (χ1) is 24.3. The normalized spacial score (nSPS) is 20.6. The van der Waals surface area contributed by atoms with Crippen molar-refractivity contribution in [3.05, 3.63) is 64.7 Å². The number of rotatable bonds is 16. The van der Waals surface area contributed by atoms with Crippen molar-refractivity contribution in [3.8, 4) is 34.5 Å². The van der Waals surface area contributed by atoms with Gasteiger partial charge in [-0.3, -0.25) is 0 Å². The summed E-state index contributed by atoms with van der Waals surface area (Å²) < 4.78 is 32.9. The van der Waals surface area contributed by atoms with Gasteiger partial charge in [0.25, 0.3) is 0 Å². The molecule has 3 aromatic carbocycles. The molecule has 16 nitrogen and oxygen atoms in total. The molecule has 1 heterocycles. The molecular formula is C35H43NO15. The number of aryl methyl sites for hydroxylation is 1. The Balaban J connectivity index is 1.51. The molecule has 1 aliphatic rings. The Bertz CT molecular complexity index is 1680. The second kappa shape index (κ2) is 17.3. The maximum absolute atomic E-state index is 13.2. The zero-order valence-corrected chi connectivity index (χ0v) is 28.4. The Morgan fingerprint density at radius 1 is 0.902 bits per heavy atom. The summed E-state index contributed by atoms with van der Waals surface area (Å²) in [6, 6.07) is 10.7. The van der Waals surface area contributed by atoms with Crippen LogP contribution in [0.15, 0.2) is 42.5 Å². The van der Waals surface area contributed by atoms with Crippen molar-refractivity contribution < 1.29 is 73.8 Å². The van der Waals surface area contributed by atoms with Crippen LogP contribution in [0.3, 0.4) is 0 Å². The van der Waals surface area contributed by atoms with Crippen LogP contribution in [0.5, 0.6) is 34.5 Å². The van der Waals surface area contributed by atoms with E-state index < -0.39 is 78.1 Å². The maximum Gasteiger partial charge on any atom is 0.342 e. The molecule has 1 aliphatic heterocycles. The molecule has 278 valence electrons. The number of anilines is 1. The molecule has 4 rings (SSSR count). The summed E-state index contributed by atoms with van der Waals surface area (Å²) in [4.78, 5) is 25.1. The Hall–Kier alpha value is -5.00. The van der Waals surface area contributed by atoms with Gasteiger partial charge < -0.3 is 69.5 Å². The van der Waals surface area contributed by atoms with Gasteiger partial charge in [0, 0.05) is 30.7 Å². The van der Waals surface area contributed by atoms with E-state index in [1.54, 1.807) is 6.92 Å². The number of aliphatic hydroxyl groups excluding tert-OH is 4. The van der Waals surface area contributed by atoms with Crippen molar-refractivity contribution in [3.63, 3.8) is 0 Å². The van der Waals surface area contributed by atoms with Crippen molar-refractivity contribution in [2.24, 2.45) is 0 Å². The summed E-state index contributed by atoms with van der Waals surface area (Å²) in [7, 11) is 2.47. The molecule has 0 aliphatic carbocycles. The lowest BCUT2D eigenvalue weighted by atomic mass is 9.99. The van der Waals surface area contributed by atoms with Gasteiger partial charge in [-0.2, -0.15) is 0 Å². The fourth-order valence-corrected chi connectivity index (χ4v) is 5.27. The number of phenols is 2. The minimum absolute atomic E-state index is 0.0293. The molecule has 51 heavy (non-hydrogen) atoms. The predicted octanol–water partition coefficient (Wildman–Crippen LogP) is 1.83. The van der Waals surface area contributed by atoms with E-state index in [9.17, 15) is 45.3 Å². The first-order valence-corrected chi connectivity index (χ1v) is 16.0. The van der Waals surface area contributed by atoms with Crippen LogP contribution in [0.2, 0.25) is 0 Å². The molecule has 1 fully saturated rings. The number of esters is 1. The third kappa shape index (κ3) is 9.03. The number of ether oxygens (including phenoxy) is 6. The topological polar surface area (TPSA) is 243 Å². The largest absolute Gasteiger partial charge is 0.504 e. The maximum atomic E-state index is 13.2. The number of carbonyl (C=O) groups is 2. The van der Waals surface area contributed by atoms with Gasteiger partial charge in [-0.25, -0.2) is 9.59 Å². The summed E-state index contributed by atoms with van der Waals surface area (Å²) in [5.41, 5.74) is 1.46. The first-order valence-electron chi connectivity index (χ1n) is 16.0. The minimum atomic E-state index is -1.86. The van der Waals surface area contributed by atoms with Crippen molar-refractivity contribution >= 4 is 17.6 Å². The Labute approximate surface area is 293 Å². The van der Waals surface area contributed by atoms with E-state index in [4.69, 9.17) is 28.4 Å². The van der Waals surface area contributed by atoms with Gasteiger partial charge in [0.15, 0.2) is 23.0 Å². The molecule has 6 atom stereocenters. The zero-order valence-electron chi connectivity index (χ0n) is 28.4. The number of benzene rings is 3. The van der Waals surface area contributed by atoms with Gasteiger partial charge in [-0.05, 0) is 24.5 Å². The van der Waals surface area contributed by atoms with Gasteiger partial charge in [-0.15, -0.1) is 0 Å². The zero-order chi connectivity index (χ0) is 37.4. The van der Waals surface area contributed by atoms with Crippen molar-refractivity contribution in [1.29, 1.82) is 0 Å². The van der Waals surface area contributed by atoms with E-state index in [1.165, 1.54) is 20.3 Å². The number of phenolic OH excluding ortho intramolecular Hbond substituents is 2. The molecular weight excluding hydrogens is 674 g/mol. The monoisotopic (exact) mass is 717 g/mol. The number of carboxylic acid groups (broad SMARTS) is 1. The molecule has 8 N–H and O–H groups in total. The summed E-state index contributed by atoms with van der Waals surface area (Å²) in [5.74, 6) is -4.57. The van der Waals surface area contributed by atoms with E-state index in [0.29, 0.717) is 6.42 Å². The van der Waals surface area contributed by atoms with E-state index in [0.717, 1.165) is 29.7 Å². The SMILES string of the molecule is CCc1cccc(CCOc2c(O)c(OC)cc(C(=O)OC[C@H]3O[C@@H](Oc4cc(N[C@H](C)CO)c(C(=O)O)cc4OC)[C@H](O)[C@@H](O)[C@@H]3O)c2O)c1. The van der Waals surface area contributed by atoms with Crippen LogP contribution >= 0.6 is 0 Å². The predicted molar refractivity (Wildman–Crippen MR) is 179 cm³/mol. The van der Waals surface area contributed by atoms with Crippen LogP contribution in [0, 0.1) is 0 Å². The Morgan fingerprint density at radius 2 is 1.59 bits per heavy atom. The summed E-state index contributed by atoms with van der Waals surface area (Å²) in [5, 5.41) is 75.5. The minimum Gasteiger partial charge on any atom is -0.504 e. The number of aliphatic hydroxyl groups is 4. The summed E-state index contributed by atoms with van der Waals surface area (Å²) >= 11 is 0. The standard InChI is InChI=1S/C35H43NO15/c1-5-18-7-6-8-19(11-18)9-10-48-32-27(38)21(13-25(47-4)29(32)40)34(45)49-16-26-28(39)30(41)31(42)35(51-26)50-24-14-22(36-17(2)15-37)20(33(43)44)12-23(24)46-3/h6-8,11-14,17,26,28,30-31,35-42H,5,9-10,15-16H2,1-4H3,(H,43,44)/t17-,26-,28-,30+,31-,35-/m1/s1. The molecule has 0 saturated carbocycles. The third-order valence-electron chi connectivity index (χ3n) is 8.17. The summed E-state index contributed by atoms with van der Waals surface area (Å²) in [6.07, 6.45) is -7.38. The highest BCUT2D eigenvalue weighted by Crippen LogP contribution is 2.46. The number of carboxylic acids is 1. The fraction of sp³-hybridized carbons (Fsp3) is 0.429. The number of hydrogen-bond acceptors (Lipinski definition) is 15. The van der Waals surface area contributed by atoms with Crippen LogP contribution in [0.25, 0.3) is 0 Å². The highest BCUT2D eigenvalue weighted by atomic mass is 16.7. The number of nitrogens with one attached hydrogen (secondary N) is 1. The molecule has 3 aromatic rings. The van der Waals surface area contributed by atoms with Gasteiger partial charge in [-0.1, -0.05) is 31.2 Å². The van der Waals surface area contributed by atoms with Crippen molar-refractivity contribution in [1.82, 2.24) is 0 Å². The third-order valence-corrected chi connectivity index (χ3v) is 8.17. The molecule has 1 saturated heterocycles. The lowest BCUT2D eigenvalue weighted by molar-refractivity contribution is -0.277. The average Bonchev–Trinajstić information content (AvgIpc) is 3.12. The lowest BCUT2D eigenvalue weighted by Crippen LogP contribution is -2.60. The molecule has 0 spiro atoms. The molecule has 0 bridgehead atoms. The van der Waals surface area contributed by atoms with Crippen molar-refractivity contribution in [2.75, 3.05) is 39.4 Å². The fourth-order valence-electron chi connectivity index (χ4n) is 5.27. The van der Waals surface area contributed by atoms with Crippen LogP contribution < -0.4 is 24.3 Å². The number of aromatic hydroxyl groups is 2. The molecule has 0 unspecified atom stereocenters. The highest BCUT2D eigenvalue weighted by molar-refractivity contribution is 5.96. The van der Waals surface area contributed by atoms with Crippen LogP contribution in [0.1, 0.15) is 45.7 Å². The lowest BCUT2D eigenvalue weighted by Gasteiger charge is -2.40. The van der Waals surface area contributed by atoms with E-state index in [1.807, 2.05) is 31.2 Å². The molecule has 0 aromatic heterocycles. The smallest absolute Gasteiger partial charge is 0.342 e. The first kappa shape index (κ1) is 38.8. The second-order valence-electron chi connectivity index (χ2n) is 11.7. The second-order valence-corrected chi connectivity index (χ2v) is 11.7. The number of methoxy groups -OCH3 is 2. The van der Waals surface area contributed by atoms with Gasteiger partial charge in [0.1, 0.15) is 36.6 Å². The molecule has 0 radical (unpaired) electrons. The van der Waals surface area contributed by atoms with Gasteiger partial charge in [0.05, 0.1) is 38.7 Å². The molecule has 16 heteroatoms. The number of aromatic carboxylic acids is 1. The van der Waals surface area contributed by atoms with Crippen LogP contribution in [-0.2, 0) is 22.3 Å². The van der Waals surface area contributed by atoms with E-state index in [2.05, 4.69) is 5.32 Å². The number of hydrogen-bond donors (Lipinski definition) is 8. The van der Waals surface area contributed by atoms with Gasteiger partial charge >= 0.3 is 11.9 Å².